The van der Waals surface area contributed by atoms with Crippen LogP contribution in [-0.2, 0) is 6.54 Å². The Balaban J connectivity index is 2.24. The molecule has 0 amide bonds. The normalized spacial score (nSPS) is 12.4. The van der Waals surface area contributed by atoms with Gasteiger partial charge in [-0.1, -0.05) is 29.8 Å². The molecule has 2 rings (SSSR count). The van der Waals surface area contributed by atoms with E-state index in [4.69, 9.17) is 0 Å². The molecule has 0 spiro atoms. The Labute approximate surface area is 111 Å². The molecule has 4 nitrogen and oxygen atoms in total. The predicted molar refractivity (Wildman–Crippen MR) is 73.2 cm³/mol. The van der Waals surface area contributed by atoms with Gasteiger partial charge in [0, 0.05) is 12.3 Å². The third-order valence-corrected chi connectivity index (χ3v) is 3.24. The summed E-state index contributed by atoms with van der Waals surface area (Å²) in [5, 5.41) is 19.8. The van der Waals surface area contributed by atoms with Gasteiger partial charge in [-0.3, -0.25) is 4.79 Å². The van der Waals surface area contributed by atoms with Crippen LogP contribution in [0.15, 0.2) is 41.3 Å². The van der Waals surface area contributed by atoms with E-state index in [1.54, 1.807) is 17.7 Å². The van der Waals surface area contributed by atoms with E-state index in [2.05, 4.69) is 0 Å². The molecule has 0 aliphatic heterocycles. The van der Waals surface area contributed by atoms with E-state index in [-0.39, 0.29) is 5.75 Å². The number of aryl methyl sites for hydroxylation is 1. The third-order valence-electron chi connectivity index (χ3n) is 3.24. The van der Waals surface area contributed by atoms with Gasteiger partial charge in [0.15, 0.2) is 5.75 Å². The largest absolute Gasteiger partial charge is 0.503 e. The van der Waals surface area contributed by atoms with Crippen molar-refractivity contribution in [3.63, 3.8) is 0 Å². The molecule has 0 unspecified atom stereocenters. The minimum atomic E-state index is -0.679. The molecule has 0 fully saturated rings. The average molecular weight is 259 g/mol. The summed E-state index contributed by atoms with van der Waals surface area (Å²) in [4.78, 5) is 11.3. The van der Waals surface area contributed by atoms with Crippen molar-refractivity contribution in [1.29, 1.82) is 0 Å². The molecule has 0 aliphatic rings. The number of rotatable bonds is 3. The number of pyridine rings is 1. The van der Waals surface area contributed by atoms with Crippen molar-refractivity contribution in [3.8, 4) is 5.75 Å². The summed E-state index contributed by atoms with van der Waals surface area (Å²) in [7, 11) is 0. The molecule has 100 valence electrons. The van der Waals surface area contributed by atoms with Gasteiger partial charge in [0.25, 0.3) is 0 Å². The van der Waals surface area contributed by atoms with Gasteiger partial charge in [0.05, 0.1) is 18.3 Å². The molecule has 19 heavy (non-hydrogen) atoms. The second-order valence-electron chi connectivity index (χ2n) is 4.69. The molecule has 4 heteroatoms. The molecule has 0 saturated heterocycles. The molecule has 1 heterocycles. The van der Waals surface area contributed by atoms with Crippen molar-refractivity contribution in [1.82, 2.24) is 4.57 Å². The van der Waals surface area contributed by atoms with Crippen molar-refractivity contribution in [2.45, 2.75) is 26.5 Å². The van der Waals surface area contributed by atoms with Crippen molar-refractivity contribution in [3.05, 3.63) is 63.6 Å². The van der Waals surface area contributed by atoms with Gasteiger partial charge >= 0.3 is 0 Å². The molecular weight excluding hydrogens is 242 g/mol. The predicted octanol–water partition coefficient (Wildman–Crippen LogP) is 1.90. The number of aromatic hydroxyl groups is 1. The summed E-state index contributed by atoms with van der Waals surface area (Å²) in [6.45, 7) is 3.93. The fraction of sp³-hybridized carbons (Fsp3) is 0.267. The SMILES string of the molecule is Cc1ccc([C@@H](O)Cn2ccc(=O)c(O)c2C)cc1. The van der Waals surface area contributed by atoms with Crippen molar-refractivity contribution >= 4 is 0 Å². The monoisotopic (exact) mass is 259 g/mol. The summed E-state index contributed by atoms with van der Waals surface area (Å²) in [5.74, 6) is -0.265. The maximum atomic E-state index is 11.3. The Morgan fingerprint density at radius 3 is 2.42 bits per heavy atom. The molecule has 2 aromatic rings. The zero-order valence-corrected chi connectivity index (χ0v) is 11.0. The van der Waals surface area contributed by atoms with Crippen LogP contribution < -0.4 is 5.43 Å². The highest BCUT2D eigenvalue weighted by Crippen LogP contribution is 2.18. The lowest BCUT2D eigenvalue weighted by Crippen LogP contribution is -2.14. The first-order valence-electron chi connectivity index (χ1n) is 6.12. The van der Waals surface area contributed by atoms with E-state index in [1.807, 2.05) is 31.2 Å². The first kappa shape index (κ1) is 13.4. The minimum Gasteiger partial charge on any atom is -0.503 e. The second-order valence-corrected chi connectivity index (χ2v) is 4.69. The van der Waals surface area contributed by atoms with E-state index < -0.39 is 11.5 Å². The maximum Gasteiger partial charge on any atom is 0.223 e. The van der Waals surface area contributed by atoms with E-state index in [1.165, 1.54) is 6.07 Å². The van der Waals surface area contributed by atoms with E-state index >= 15 is 0 Å². The van der Waals surface area contributed by atoms with Gasteiger partial charge in [-0.2, -0.15) is 0 Å². The van der Waals surface area contributed by atoms with Crippen LogP contribution in [0.1, 0.15) is 22.9 Å². The molecule has 1 atom stereocenters. The second kappa shape index (κ2) is 5.28. The van der Waals surface area contributed by atoms with Crippen LogP contribution >= 0.6 is 0 Å². The molecule has 0 radical (unpaired) electrons. The van der Waals surface area contributed by atoms with Gasteiger partial charge < -0.3 is 14.8 Å². The van der Waals surface area contributed by atoms with Crippen LogP contribution in [-0.4, -0.2) is 14.8 Å². The van der Waals surface area contributed by atoms with E-state index in [9.17, 15) is 15.0 Å². The van der Waals surface area contributed by atoms with Gasteiger partial charge in [0.2, 0.25) is 5.43 Å². The smallest absolute Gasteiger partial charge is 0.223 e. The fourth-order valence-electron chi connectivity index (χ4n) is 1.94. The summed E-state index contributed by atoms with van der Waals surface area (Å²) in [6.07, 6.45) is 0.899. The van der Waals surface area contributed by atoms with Gasteiger partial charge in [-0.05, 0) is 19.4 Å². The number of hydrogen-bond acceptors (Lipinski definition) is 3. The minimum absolute atomic E-state index is 0.265. The summed E-state index contributed by atoms with van der Waals surface area (Å²) in [5.41, 5.74) is 1.99. The molecule has 0 saturated carbocycles. The number of aliphatic hydroxyl groups is 1. The highest BCUT2D eigenvalue weighted by molar-refractivity contribution is 5.26. The lowest BCUT2D eigenvalue weighted by Gasteiger charge is -2.16. The Morgan fingerprint density at radius 2 is 1.79 bits per heavy atom. The Bertz CT molecular complexity index is 629. The highest BCUT2D eigenvalue weighted by Gasteiger charge is 2.11. The van der Waals surface area contributed by atoms with Crippen LogP contribution in [0, 0.1) is 13.8 Å². The summed E-state index contributed by atoms with van der Waals surface area (Å²) < 4.78 is 1.67. The van der Waals surface area contributed by atoms with E-state index in [0.717, 1.165) is 11.1 Å². The van der Waals surface area contributed by atoms with Crippen LogP contribution in [0.25, 0.3) is 0 Å². The number of aromatic nitrogens is 1. The van der Waals surface area contributed by atoms with Gasteiger partial charge in [-0.15, -0.1) is 0 Å². The van der Waals surface area contributed by atoms with E-state index in [0.29, 0.717) is 12.2 Å². The first-order valence-corrected chi connectivity index (χ1v) is 6.12. The number of hydrogen-bond donors (Lipinski definition) is 2. The number of benzene rings is 1. The number of aliphatic hydroxyl groups excluding tert-OH is 1. The molecule has 2 N–H and O–H groups in total. The van der Waals surface area contributed by atoms with Crippen LogP contribution in [0.4, 0.5) is 0 Å². The van der Waals surface area contributed by atoms with Gasteiger partial charge in [0.1, 0.15) is 0 Å². The Hall–Kier alpha value is -2.07. The molecule has 1 aromatic heterocycles. The maximum absolute atomic E-state index is 11.3. The van der Waals surface area contributed by atoms with Crippen LogP contribution in [0.2, 0.25) is 0 Å². The van der Waals surface area contributed by atoms with Crippen LogP contribution in [0.5, 0.6) is 5.75 Å². The van der Waals surface area contributed by atoms with Crippen molar-refractivity contribution < 1.29 is 10.2 Å². The van der Waals surface area contributed by atoms with Crippen molar-refractivity contribution in [2.75, 3.05) is 0 Å². The fourth-order valence-corrected chi connectivity index (χ4v) is 1.94. The lowest BCUT2D eigenvalue weighted by molar-refractivity contribution is 0.155. The summed E-state index contributed by atoms with van der Waals surface area (Å²) in [6, 6.07) is 8.92. The third kappa shape index (κ3) is 2.85. The molecule has 0 aliphatic carbocycles. The van der Waals surface area contributed by atoms with Crippen molar-refractivity contribution in [2.24, 2.45) is 0 Å². The standard InChI is InChI=1S/C15H17NO3/c1-10-3-5-12(6-4-10)14(18)9-16-8-7-13(17)15(19)11(16)2/h3-8,14,18-19H,9H2,1-2H3/t14-/m0/s1. The quantitative estimate of drug-likeness (QED) is 0.885. The average Bonchev–Trinajstić information content (AvgIpc) is 2.40. The molecular formula is C15H17NO3. The van der Waals surface area contributed by atoms with Crippen LogP contribution in [0.3, 0.4) is 0 Å². The first-order chi connectivity index (χ1) is 8.99. The number of nitrogens with zero attached hydrogens (tertiary/aromatic N) is 1. The zero-order chi connectivity index (χ0) is 14.0. The Kier molecular flexibility index (Phi) is 3.71. The highest BCUT2D eigenvalue weighted by atomic mass is 16.3. The topological polar surface area (TPSA) is 62.5 Å². The zero-order valence-electron chi connectivity index (χ0n) is 11.0. The van der Waals surface area contributed by atoms with Gasteiger partial charge in [-0.25, -0.2) is 0 Å². The molecule has 0 bridgehead atoms. The molecule has 1 aromatic carbocycles. The Morgan fingerprint density at radius 1 is 1.16 bits per heavy atom. The summed E-state index contributed by atoms with van der Waals surface area (Å²) >= 11 is 0. The lowest BCUT2D eigenvalue weighted by atomic mass is 10.1.